The maximum absolute atomic E-state index is 13.9. The average molecular weight is 407 g/mol. The number of carbonyl (C=O) groups excluding carboxylic acids is 1. The van der Waals surface area contributed by atoms with Crippen molar-refractivity contribution >= 4 is 16.9 Å². The number of fused-ring (bicyclic) bond motifs is 1. The van der Waals surface area contributed by atoms with Crippen molar-refractivity contribution < 1.29 is 18.8 Å². The summed E-state index contributed by atoms with van der Waals surface area (Å²) in [6.45, 7) is 0.0454. The van der Waals surface area contributed by atoms with Crippen molar-refractivity contribution in [3.63, 3.8) is 0 Å². The Morgan fingerprint density at radius 3 is 2.33 bits per heavy atom. The van der Waals surface area contributed by atoms with E-state index in [1.165, 1.54) is 16.7 Å². The number of benzene rings is 3. The van der Waals surface area contributed by atoms with Gasteiger partial charge >= 0.3 is 0 Å². The fourth-order valence-corrected chi connectivity index (χ4v) is 3.19. The Morgan fingerprint density at radius 2 is 1.67 bits per heavy atom. The quantitative estimate of drug-likeness (QED) is 0.401. The maximum Gasteiger partial charge on any atom is 0.277 e. The molecular formula is C22H15F2N3O3. The third kappa shape index (κ3) is 3.56. The molecule has 0 saturated heterocycles. The van der Waals surface area contributed by atoms with Crippen LogP contribution >= 0.6 is 0 Å². The summed E-state index contributed by atoms with van der Waals surface area (Å²) in [4.78, 5) is 29.0. The number of aromatic nitrogens is 2. The molecule has 0 bridgehead atoms. The molecule has 0 aliphatic heterocycles. The second-order valence-electron chi connectivity index (χ2n) is 6.61. The summed E-state index contributed by atoms with van der Waals surface area (Å²) in [5, 5.41) is 8.72. The first-order valence-electron chi connectivity index (χ1n) is 8.96. The molecular weight excluding hydrogens is 392 g/mol. The van der Waals surface area contributed by atoms with Crippen LogP contribution in [-0.2, 0) is 6.54 Å². The topological polar surface area (TPSA) is 84.2 Å². The molecule has 0 unspecified atom stereocenters. The lowest BCUT2D eigenvalue weighted by Gasteiger charge is -2.13. The Kier molecular flexibility index (Phi) is 5.07. The molecule has 30 heavy (non-hydrogen) atoms. The van der Waals surface area contributed by atoms with Gasteiger partial charge in [0.15, 0.2) is 11.6 Å². The van der Waals surface area contributed by atoms with E-state index in [1.807, 2.05) is 0 Å². The van der Waals surface area contributed by atoms with Crippen LogP contribution in [0.2, 0.25) is 0 Å². The van der Waals surface area contributed by atoms with Gasteiger partial charge in [0.25, 0.3) is 11.5 Å². The summed E-state index contributed by atoms with van der Waals surface area (Å²) in [7, 11) is 0. The van der Waals surface area contributed by atoms with Crippen molar-refractivity contribution in [3.05, 3.63) is 99.8 Å². The molecule has 2 N–H and O–H groups in total. The first kappa shape index (κ1) is 19.4. The number of hydrogen-bond donors (Lipinski definition) is 2. The molecule has 0 aliphatic rings. The van der Waals surface area contributed by atoms with E-state index in [9.17, 15) is 18.4 Å². The minimum Gasteiger partial charge on any atom is -0.300 e. The summed E-state index contributed by atoms with van der Waals surface area (Å²) < 4.78 is 29.1. The molecule has 0 radical (unpaired) electrons. The number of amides is 1. The molecule has 0 saturated carbocycles. The Labute approximate surface area is 169 Å². The van der Waals surface area contributed by atoms with E-state index in [0.29, 0.717) is 11.1 Å². The molecule has 150 valence electrons. The van der Waals surface area contributed by atoms with Crippen LogP contribution in [0.1, 0.15) is 15.9 Å². The molecule has 0 fully saturated rings. The molecule has 8 heteroatoms. The van der Waals surface area contributed by atoms with E-state index in [1.54, 1.807) is 47.9 Å². The maximum atomic E-state index is 13.9. The number of hydrogen-bond acceptors (Lipinski definition) is 4. The number of nitrogens with one attached hydrogen (secondary N) is 1. The summed E-state index contributed by atoms with van der Waals surface area (Å²) in [5.41, 5.74) is 2.91. The van der Waals surface area contributed by atoms with E-state index in [4.69, 9.17) is 5.21 Å². The van der Waals surface area contributed by atoms with Gasteiger partial charge in [-0.2, -0.15) is 0 Å². The van der Waals surface area contributed by atoms with Gasteiger partial charge in [0.05, 0.1) is 17.6 Å². The van der Waals surface area contributed by atoms with Crippen molar-refractivity contribution in [3.8, 4) is 11.3 Å². The van der Waals surface area contributed by atoms with Crippen LogP contribution in [0.25, 0.3) is 22.3 Å². The first-order chi connectivity index (χ1) is 14.5. The zero-order valence-corrected chi connectivity index (χ0v) is 15.5. The summed E-state index contributed by atoms with van der Waals surface area (Å²) in [5.74, 6) is -2.81. The number of halogens is 2. The van der Waals surface area contributed by atoms with Gasteiger partial charge in [0.1, 0.15) is 5.69 Å². The minimum atomic E-state index is -1.08. The van der Waals surface area contributed by atoms with Crippen molar-refractivity contribution in [2.24, 2.45) is 0 Å². The van der Waals surface area contributed by atoms with Gasteiger partial charge in [-0.3, -0.25) is 14.8 Å². The Balaban J connectivity index is 1.89. The van der Waals surface area contributed by atoms with Gasteiger partial charge in [-0.1, -0.05) is 42.5 Å². The van der Waals surface area contributed by atoms with E-state index in [-0.39, 0.29) is 28.8 Å². The van der Waals surface area contributed by atoms with Gasteiger partial charge in [-0.05, 0) is 17.7 Å². The van der Waals surface area contributed by atoms with E-state index in [0.717, 1.165) is 12.1 Å². The summed E-state index contributed by atoms with van der Waals surface area (Å²) in [6.07, 6.45) is 0. The standard InChI is InChI=1S/C22H15F2N3O3/c23-16-10-18-19(11-17(16)24)27(12-13-6-8-15(9-7-13)21(28)26-30)22(29)20(25-18)14-4-2-1-3-5-14/h1-11,30H,12H2,(H,26,28). The van der Waals surface area contributed by atoms with Crippen molar-refractivity contribution in [1.82, 2.24) is 15.0 Å². The van der Waals surface area contributed by atoms with E-state index in [2.05, 4.69) is 4.98 Å². The highest BCUT2D eigenvalue weighted by Gasteiger charge is 2.16. The highest BCUT2D eigenvalue weighted by molar-refractivity contribution is 5.93. The summed E-state index contributed by atoms with van der Waals surface area (Å²) in [6, 6.07) is 16.8. The van der Waals surface area contributed by atoms with Crippen molar-refractivity contribution in [1.29, 1.82) is 0 Å². The fraction of sp³-hybridized carbons (Fsp3) is 0.0455. The van der Waals surface area contributed by atoms with Gasteiger partial charge in [0, 0.05) is 23.3 Å². The van der Waals surface area contributed by atoms with Crippen LogP contribution in [0.5, 0.6) is 0 Å². The predicted octanol–water partition coefficient (Wildman–Crippen LogP) is 3.51. The minimum absolute atomic E-state index is 0.0454. The number of nitrogens with zero attached hydrogens (tertiary/aromatic N) is 2. The predicted molar refractivity (Wildman–Crippen MR) is 106 cm³/mol. The van der Waals surface area contributed by atoms with E-state index >= 15 is 0 Å². The smallest absolute Gasteiger partial charge is 0.277 e. The molecule has 3 aromatic carbocycles. The largest absolute Gasteiger partial charge is 0.300 e. The Morgan fingerprint density at radius 1 is 1.00 bits per heavy atom. The molecule has 6 nitrogen and oxygen atoms in total. The molecule has 1 amide bonds. The molecule has 4 rings (SSSR count). The lowest BCUT2D eigenvalue weighted by Crippen LogP contribution is -2.24. The third-order valence-corrected chi connectivity index (χ3v) is 4.69. The SMILES string of the molecule is O=C(NO)c1ccc(Cn2c(=O)c(-c3ccccc3)nc3cc(F)c(F)cc32)cc1. The lowest BCUT2D eigenvalue weighted by atomic mass is 10.1. The van der Waals surface area contributed by atoms with Crippen molar-refractivity contribution in [2.75, 3.05) is 0 Å². The van der Waals surface area contributed by atoms with Crippen molar-refractivity contribution in [2.45, 2.75) is 6.54 Å². The van der Waals surface area contributed by atoms with Crippen LogP contribution < -0.4 is 11.0 Å². The normalized spacial score (nSPS) is 10.9. The molecule has 0 spiro atoms. The van der Waals surface area contributed by atoms with E-state index < -0.39 is 23.1 Å². The first-order valence-corrected chi connectivity index (χ1v) is 8.96. The average Bonchev–Trinajstić information content (AvgIpc) is 2.77. The Hall–Kier alpha value is -3.91. The number of carbonyl (C=O) groups is 1. The molecule has 4 aromatic rings. The summed E-state index contributed by atoms with van der Waals surface area (Å²) >= 11 is 0. The zero-order chi connectivity index (χ0) is 21.3. The highest BCUT2D eigenvalue weighted by Crippen LogP contribution is 2.21. The van der Waals surface area contributed by atoms with Gasteiger partial charge in [-0.25, -0.2) is 19.2 Å². The second kappa shape index (κ2) is 7.84. The monoisotopic (exact) mass is 407 g/mol. The van der Waals surface area contributed by atoms with Crippen LogP contribution in [0.3, 0.4) is 0 Å². The second-order valence-corrected chi connectivity index (χ2v) is 6.61. The van der Waals surface area contributed by atoms with Gasteiger partial charge in [-0.15, -0.1) is 0 Å². The molecule has 1 heterocycles. The number of hydroxylamine groups is 1. The Bertz CT molecular complexity index is 1300. The zero-order valence-electron chi connectivity index (χ0n) is 15.5. The highest BCUT2D eigenvalue weighted by atomic mass is 19.2. The lowest BCUT2D eigenvalue weighted by molar-refractivity contribution is 0.0706. The van der Waals surface area contributed by atoms with Gasteiger partial charge < -0.3 is 4.57 Å². The number of rotatable bonds is 4. The van der Waals surface area contributed by atoms with Crippen LogP contribution in [0, 0.1) is 11.6 Å². The fourth-order valence-electron chi connectivity index (χ4n) is 3.19. The van der Waals surface area contributed by atoms with Gasteiger partial charge in [0.2, 0.25) is 0 Å². The molecule has 1 aromatic heterocycles. The molecule has 0 aliphatic carbocycles. The van der Waals surface area contributed by atoms with Crippen LogP contribution in [0.15, 0.2) is 71.5 Å². The van der Waals surface area contributed by atoms with Crippen LogP contribution in [-0.4, -0.2) is 20.7 Å². The van der Waals surface area contributed by atoms with Crippen LogP contribution in [0.4, 0.5) is 8.78 Å². The third-order valence-electron chi connectivity index (χ3n) is 4.69. The molecule has 0 atom stereocenters.